The fraction of sp³-hybridized carbons (Fsp3) is 0.143. The van der Waals surface area contributed by atoms with Crippen LogP contribution >= 0.6 is 0 Å². The number of nitrogens with zero attached hydrogens (tertiary/aromatic N) is 2. The summed E-state index contributed by atoms with van der Waals surface area (Å²) < 4.78 is 34.7. The van der Waals surface area contributed by atoms with E-state index in [0.717, 1.165) is 11.8 Å². The van der Waals surface area contributed by atoms with Crippen molar-refractivity contribution in [3.8, 4) is 0 Å². The Kier molecular flexibility index (Phi) is 4.65. The number of rotatable bonds is 5. The van der Waals surface area contributed by atoms with E-state index in [1.807, 2.05) is 12.1 Å². The van der Waals surface area contributed by atoms with Gasteiger partial charge in [0.2, 0.25) is 0 Å². The van der Waals surface area contributed by atoms with Crippen LogP contribution < -0.4 is 5.32 Å². The lowest BCUT2D eigenvalue weighted by molar-refractivity contribution is 0.0942. The molecule has 7 heteroatoms. The minimum absolute atomic E-state index is 0.0704. The smallest absolute Gasteiger partial charge is 0.268 e. The van der Waals surface area contributed by atoms with Gasteiger partial charge in [0, 0.05) is 30.0 Å². The summed E-state index contributed by atoms with van der Waals surface area (Å²) in [7, 11) is 0. The van der Waals surface area contributed by atoms with Gasteiger partial charge in [-0.3, -0.25) is 9.78 Å². The number of carbonyl (C=O) groups excluding carboxylic acids is 1. The van der Waals surface area contributed by atoms with Crippen LogP contribution in [0, 0.1) is 18.6 Å². The Labute approximate surface area is 159 Å². The molecule has 0 fully saturated rings. The normalized spacial score (nSPS) is 11.1. The minimum Gasteiger partial charge on any atom is -0.460 e. The van der Waals surface area contributed by atoms with Gasteiger partial charge >= 0.3 is 0 Å². The van der Waals surface area contributed by atoms with Crippen molar-refractivity contribution >= 4 is 17.0 Å². The summed E-state index contributed by atoms with van der Waals surface area (Å²) in [6, 6.07) is 12.2. The van der Waals surface area contributed by atoms with E-state index < -0.39 is 11.6 Å². The molecule has 5 nitrogen and oxygen atoms in total. The molecule has 1 amide bonds. The Hall–Kier alpha value is -3.48. The second kappa shape index (κ2) is 7.26. The largest absolute Gasteiger partial charge is 0.460 e. The van der Waals surface area contributed by atoms with Gasteiger partial charge < -0.3 is 14.3 Å². The van der Waals surface area contributed by atoms with Gasteiger partial charge in [0.15, 0.2) is 5.58 Å². The third-order valence-electron chi connectivity index (χ3n) is 4.45. The zero-order valence-electron chi connectivity index (χ0n) is 15.1. The summed E-state index contributed by atoms with van der Waals surface area (Å²) in [5.41, 5.74) is 2.52. The number of fused-ring (bicyclic) bond motifs is 1. The summed E-state index contributed by atoms with van der Waals surface area (Å²) >= 11 is 0. The molecule has 4 aromatic rings. The van der Waals surface area contributed by atoms with Crippen LogP contribution in [0.3, 0.4) is 0 Å². The molecule has 0 saturated carbocycles. The number of nitrogens with one attached hydrogen (secondary N) is 1. The number of carbonyl (C=O) groups is 1. The summed E-state index contributed by atoms with van der Waals surface area (Å²) in [6.07, 6.45) is 1.65. The van der Waals surface area contributed by atoms with Crippen LogP contribution in [0.2, 0.25) is 0 Å². The summed E-state index contributed by atoms with van der Waals surface area (Å²) in [5, 5.41) is 2.81. The second-order valence-electron chi connectivity index (χ2n) is 6.46. The lowest BCUT2D eigenvalue weighted by atomic mass is 10.2. The lowest BCUT2D eigenvalue weighted by Gasteiger charge is -2.11. The number of benzene rings is 1. The van der Waals surface area contributed by atoms with Crippen molar-refractivity contribution in [3.05, 3.63) is 89.1 Å². The molecular formula is C21H17F2N3O2. The van der Waals surface area contributed by atoms with Gasteiger partial charge in [-0.15, -0.1) is 0 Å². The molecule has 0 saturated heterocycles. The molecule has 0 aliphatic rings. The first kappa shape index (κ1) is 17.9. The molecule has 28 heavy (non-hydrogen) atoms. The molecule has 4 rings (SSSR count). The number of amides is 1. The Morgan fingerprint density at radius 1 is 1.18 bits per heavy atom. The third kappa shape index (κ3) is 3.51. The van der Waals surface area contributed by atoms with E-state index >= 15 is 0 Å². The van der Waals surface area contributed by atoms with Crippen LogP contribution in [-0.4, -0.2) is 15.5 Å². The molecule has 0 spiro atoms. The van der Waals surface area contributed by atoms with E-state index in [-0.39, 0.29) is 24.6 Å². The Morgan fingerprint density at radius 3 is 2.79 bits per heavy atom. The van der Waals surface area contributed by atoms with Crippen LogP contribution in [0.5, 0.6) is 0 Å². The monoisotopic (exact) mass is 381 g/mol. The third-order valence-corrected chi connectivity index (χ3v) is 4.45. The predicted molar refractivity (Wildman–Crippen MR) is 99.8 cm³/mol. The molecule has 0 aliphatic heterocycles. The van der Waals surface area contributed by atoms with Gasteiger partial charge in [0.1, 0.15) is 23.1 Å². The average molecular weight is 381 g/mol. The molecular weight excluding hydrogens is 364 g/mol. The van der Waals surface area contributed by atoms with Gasteiger partial charge in [-0.25, -0.2) is 8.78 Å². The molecule has 0 bridgehead atoms. The summed E-state index contributed by atoms with van der Waals surface area (Å²) in [4.78, 5) is 16.9. The van der Waals surface area contributed by atoms with Crippen LogP contribution in [0.1, 0.15) is 27.5 Å². The van der Waals surface area contributed by atoms with E-state index in [1.54, 1.807) is 35.9 Å². The fourth-order valence-electron chi connectivity index (χ4n) is 3.11. The molecule has 142 valence electrons. The van der Waals surface area contributed by atoms with Crippen LogP contribution in [0.4, 0.5) is 8.78 Å². The maximum atomic E-state index is 14.2. The van der Waals surface area contributed by atoms with Gasteiger partial charge in [-0.1, -0.05) is 12.1 Å². The Morgan fingerprint density at radius 2 is 2.04 bits per heavy atom. The van der Waals surface area contributed by atoms with E-state index in [2.05, 4.69) is 10.3 Å². The molecule has 0 unspecified atom stereocenters. The zero-order valence-corrected chi connectivity index (χ0v) is 15.1. The van der Waals surface area contributed by atoms with Crippen molar-refractivity contribution in [1.29, 1.82) is 0 Å². The average Bonchev–Trinajstić information content (AvgIpc) is 3.19. The predicted octanol–water partition coefficient (Wildman–Crippen LogP) is 4.19. The highest BCUT2D eigenvalue weighted by molar-refractivity contribution is 5.97. The van der Waals surface area contributed by atoms with Crippen molar-refractivity contribution in [2.24, 2.45) is 0 Å². The van der Waals surface area contributed by atoms with Crippen molar-refractivity contribution in [2.75, 3.05) is 0 Å². The maximum absolute atomic E-state index is 14.2. The first-order chi connectivity index (χ1) is 13.5. The fourth-order valence-corrected chi connectivity index (χ4v) is 3.11. The van der Waals surface area contributed by atoms with E-state index in [0.29, 0.717) is 22.6 Å². The minimum atomic E-state index is -0.665. The highest BCUT2D eigenvalue weighted by Crippen LogP contribution is 2.25. The van der Waals surface area contributed by atoms with Crippen molar-refractivity contribution in [3.63, 3.8) is 0 Å². The van der Waals surface area contributed by atoms with Gasteiger partial charge in [-0.2, -0.15) is 0 Å². The quantitative estimate of drug-likeness (QED) is 0.564. The zero-order chi connectivity index (χ0) is 19.7. The van der Waals surface area contributed by atoms with Crippen LogP contribution in [0.15, 0.2) is 59.1 Å². The Bertz CT molecular complexity index is 1150. The SMILES string of the molecule is Cc1cc2c(cc(C(=O)NCc3ccccn3)n2Cc2ccc(F)cc2F)o1. The molecule has 3 heterocycles. The van der Waals surface area contributed by atoms with E-state index in [9.17, 15) is 13.6 Å². The van der Waals surface area contributed by atoms with Gasteiger partial charge in [0.05, 0.1) is 24.3 Å². The highest BCUT2D eigenvalue weighted by atomic mass is 19.1. The number of halogens is 2. The maximum Gasteiger partial charge on any atom is 0.268 e. The topological polar surface area (TPSA) is 60.1 Å². The number of hydrogen-bond acceptors (Lipinski definition) is 3. The molecule has 0 radical (unpaired) electrons. The number of pyridine rings is 1. The van der Waals surface area contributed by atoms with Crippen molar-refractivity contribution in [2.45, 2.75) is 20.0 Å². The van der Waals surface area contributed by atoms with Crippen LogP contribution in [0.25, 0.3) is 11.1 Å². The number of aryl methyl sites for hydroxylation is 1. The molecule has 0 atom stereocenters. The Balaban J connectivity index is 1.66. The first-order valence-electron chi connectivity index (χ1n) is 8.73. The van der Waals surface area contributed by atoms with Crippen LogP contribution in [-0.2, 0) is 13.1 Å². The molecule has 0 aliphatic carbocycles. The molecule has 3 aromatic heterocycles. The van der Waals surface area contributed by atoms with Crippen molar-refractivity contribution < 1.29 is 18.0 Å². The number of aromatic nitrogens is 2. The molecule has 1 aromatic carbocycles. The van der Waals surface area contributed by atoms with E-state index in [4.69, 9.17) is 4.42 Å². The first-order valence-corrected chi connectivity index (χ1v) is 8.73. The number of hydrogen-bond donors (Lipinski definition) is 1. The van der Waals surface area contributed by atoms with Crippen molar-refractivity contribution in [1.82, 2.24) is 14.9 Å². The van der Waals surface area contributed by atoms with Gasteiger partial charge in [-0.05, 0) is 25.1 Å². The standard InChI is InChI=1S/C21H17F2N3O2/c1-13-8-18-20(28-13)10-19(21(27)25-11-16-4-2-3-7-24-16)26(18)12-14-5-6-15(22)9-17(14)23/h2-10H,11-12H2,1H3,(H,25,27). The van der Waals surface area contributed by atoms with E-state index in [1.165, 1.54) is 12.1 Å². The van der Waals surface area contributed by atoms with Gasteiger partial charge in [0.25, 0.3) is 5.91 Å². The second-order valence-corrected chi connectivity index (χ2v) is 6.46. The summed E-state index contributed by atoms with van der Waals surface area (Å²) in [5.74, 6) is -0.968. The highest BCUT2D eigenvalue weighted by Gasteiger charge is 2.19. The summed E-state index contributed by atoms with van der Waals surface area (Å²) in [6.45, 7) is 2.13. The number of furan rings is 1. The molecule has 1 N–H and O–H groups in total. The lowest BCUT2D eigenvalue weighted by Crippen LogP contribution is -2.26.